The highest BCUT2D eigenvalue weighted by molar-refractivity contribution is 6.34. The summed E-state index contributed by atoms with van der Waals surface area (Å²) in [6, 6.07) is 44.1. The van der Waals surface area contributed by atoms with Crippen LogP contribution in [0.1, 0.15) is 5.56 Å². The molecule has 0 radical (unpaired) electrons. The van der Waals surface area contributed by atoms with Crippen molar-refractivity contribution >= 4 is 43.4 Å². The number of fused-ring (bicyclic) bond motifs is 8. The van der Waals surface area contributed by atoms with Crippen LogP contribution >= 0.6 is 0 Å². The number of hydrogen-bond donors (Lipinski definition) is 0. The third-order valence-electron chi connectivity index (χ3n) is 7.04. The summed E-state index contributed by atoms with van der Waals surface area (Å²) in [7, 11) is 0. The van der Waals surface area contributed by atoms with Crippen LogP contribution in [0.2, 0.25) is 0 Å². The average molecular weight is 434 g/mol. The van der Waals surface area contributed by atoms with Crippen molar-refractivity contribution in [1.82, 2.24) is 4.57 Å². The van der Waals surface area contributed by atoms with E-state index in [2.05, 4.69) is 133 Å². The molecule has 0 aliphatic carbocycles. The largest absolute Gasteiger partial charge is 0.309 e. The van der Waals surface area contributed by atoms with Gasteiger partial charge in [0.1, 0.15) is 0 Å². The second kappa shape index (κ2) is 7.33. The molecule has 0 saturated carbocycles. The Morgan fingerprint density at radius 2 is 1.09 bits per heavy atom. The number of nitrogens with zero attached hydrogens (tertiary/aromatic N) is 1. The second-order valence-electron chi connectivity index (χ2n) is 9.05. The number of hydrogen-bond acceptors (Lipinski definition) is 0. The summed E-state index contributed by atoms with van der Waals surface area (Å²) in [4.78, 5) is 0. The van der Waals surface area contributed by atoms with E-state index in [1.807, 2.05) is 0 Å². The molecule has 7 rings (SSSR count). The van der Waals surface area contributed by atoms with Crippen molar-refractivity contribution in [2.75, 3.05) is 0 Å². The van der Waals surface area contributed by atoms with Crippen LogP contribution in [0.3, 0.4) is 0 Å². The van der Waals surface area contributed by atoms with Gasteiger partial charge in [-0.2, -0.15) is 0 Å². The minimum atomic E-state index is 1.18. The molecule has 160 valence electrons. The second-order valence-corrected chi connectivity index (χ2v) is 9.05. The van der Waals surface area contributed by atoms with E-state index in [9.17, 15) is 0 Å². The molecule has 0 unspecified atom stereocenters. The summed E-state index contributed by atoms with van der Waals surface area (Å²) in [5.74, 6) is 0. The number of aromatic nitrogens is 1. The molecule has 6 aromatic carbocycles. The Kier molecular flexibility index (Phi) is 4.13. The highest BCUT2D eigenvalue weighted by Gasteiger charge is 2.20. The lowest BCUT2D eigenvalue weighted by molar-refractivity contribution is 1.19. The minimum Gasteiger partial charge on any atom is -0.309 e. The van der Waals surface area contributed by atoms with Crippen LogP contribution in [-0.2, 0) is 0 Å². The molecule has 0 aliphatic heterocycles. The van der Waals surface area contributed by atoms with Crippen LogP contribution in [0, 0.1) is 6.92 Å². The average Bonchev–Trinajstić information content (AvgIpc) is 3.26. The zero-order chi connectivity index (χ0) is 22.6. The molecular weight excluding hydrogens is 410 g/mol. The molecule has 1 nitrogen and oxygen atoms in total. The smallest absolute Gasteiger partial charge is 0.0626 e. The Morgan fingerprint density at radius 3 is 1.82 bits per heavy atom. The van der Waals surface area contributed by atoms with Crippen LogP contribution in [-0.4, -0.2) is 4.57 Å². The van der Waals surface area contributed by atoms with Gasteiger partial charge < -0.3 is 4.57 Å². The molecule has 34 heavy (non-hydrogen) atoms. The molecule has 7 aromatic rings. The Labute approximate surface area is 198 Å². The van der Waals surface area contributed by atoms with E-state index in [4.69, 9.17) is 0 Å². The molecule has 0 aliphatic rings. The van der Waals surface area contributed by atoms with E-state index in [0.717, 1.165) is 0 Å². The third-order valence-corrected chi connectivity index (χ3v) is 7.04. The lowest BCUT2D eigenvalue weighted by Crippen LogP contribution is -1.94. The number of aryl methyl sites for hydroxylation is 1. The molecule has 0 bridgehead atoms. The maximum atomic E-state index is 2.46. The van der Waals surface area contributed by atoms with E-state index >= 15 is 0 Å². The summed E-state index contributed by atoms with van der Waals surface area (Å²) in [5, 5.41) is 7.82. The predicted octanol–water partition coefficient (Wildman–Crippen LogP) is 9.07. The topological polar surface area (TPSA) is 4.93 Å². The van der Waals surface area contributed by atoms with Crippen molar-refractivity contribution in [3.63, 3.8) is 0 Å². The predicted molar refractivity (Wildman–Crippen MR) is 146 cm³/mol. The fourth-order valence-electron chi connectivity index (χ4n) is 5.54. The molecular formula is C33H23N. The number of para-hydroxylation sites is 1. The first kappa shape index (κ1) is 19.1. The van der Waals surface area contributed by atoms with Crippen LogP contribution in [0.25, 0.3) is 60.2 Å². The van der Waals surface area contributed by atoms with Gasteiger partial charge >= 0.3 is 0 Å². The monoisotopic (exact) mass is 433 g/mol. The van der Waals surface area contributed by atoms with Gasteiger partial charge in [0.15, 0.2) is 0 Å². The standard InChI is InChI=1S/C33H23N/c1-22-18-20-23(21-19-22)25-16-9-17-30-31(25)32-28-14-7-5-12-26(28)27-13-6-8-15-29(27)33(32)34(30)24-10-3-2-4-11-24/h2-21H,1H3. The Balaban J connectivity index is 1.81. The summed E-state index contributed by atoms with van der Waals surface area (Å²) >= 11 is 0. The van der Waals surface area contributed by atoms with E-state index in [1.165, 1.54) is 65.7 Å². The lowest BCUT2D eigenvalue weighted by Gasteiger charge is -2.11. The molecule has 0 amide bonds. The van der Waals surface area contributed by atoms with Gasteiger partial charge in [0.05, 0.1) is 11.0 Å². The minimum absolute atomic E-state index is 1.18. The number of rotatable bonds is 2. The normalized spacial score (nSPS) is 11.7. The maximum absolute atomic E-state index is 2.46. The van der Waals surface area contributed by atoms with Gasteiger partial charge in [-0.1, -0.05) is 109 Å². The molecule has 0 spiro atoms. The molecule has 0 atom stereocenters. The van der Waals surface area contributed by atoms with E-state index in [-0.39, 0.29) is 0 Å². The zero-order valence-electron chi connectivity index (χ0n) is 19.0. The van der Waals surface area contributed by atoms with Gasteiger partial charge in [-0.3, -0.25) is 0 Å². The highest BCUT2D eigenvalue weighted by Crippen LogP contribution is 2.45. The Hall–Kier alpha value is -4.36. The van der Waals surface area contributed by atoms with Crippen molar-refractivity contribution in [3.8, 4) is 16.8 Å². The van der Waals surface area contributed by atoms with Gasteiger partial charge in [-0.25, -0.2) is 0 Å². The molecule has 1 heterocycles. The zero-order valence-corrected chi connectivity index (χ0v) is 19.0. The van der Waals surface area contributed by atoms with Crippen molar-refractivity contribution in [1.29, 1.82) is 0 Å². The molecule has 0 fully saturated rings. The molecule has 1 aromatic heterocycles. The van der Waals surface area contributed by atoms with E-state index in [1.54, 1.807) is 0 Å². The molecule has 0 saturated heterocycles. The van der Waals surface area contributed by atoms with Crippen molar-refractivity contribution in [2.24, 2.45) is 0 Å². The van der Waals surface area contributed by atoms with Crippen LogP contribution in [0.5, 0.6) is 0 Å². The van der Waals surface area contributed by atoms with Crippen molar-refractivity contribution in [2.45, 2.75) is 6.92 Å². The van der Waals surface area contributed by atoms with Gasteiger partial charge in [0.2, 0.25) is 0 Å². The third kappa shape index (κ3) is 2.67. The lowest BCUT2D eigenvalue weighted by atomic mass is 9.93. The van der Waals surface area contributed by atoms with Crippen LogP contribution in [0.4, 0.5) is 0 Å². The number of benzene rings is 6. The van der Waals surface area contributed by atoms with Crippen molar-refractivity contribution < 1.29 is 0 Å². The van der Waals surface area contributed by atoms with Gasteiger partial charge in [0, 0.05) is 21.8 Å². The molecule has 0 N–H and O–H groups in total. The first-order valence-electron chi connectivity index (χ1n) is 11.8. The fourth-order valence-corrected chi connectivity index (χ4v) is 5.54. The van der Waals surface area contributed by atoms with E-state index in [0.29, 0.717) is 0 Å². The quantitative estimate of drug-likeness (QED) is 0.240. The summed E-state index contributed by atoms with van der Waals surface area (Å²) in [6.07, 6.45) is 0. The highest BCUT2D eigenvalue weighted by atomic mass is 15.0. The van der Waals surface area contributed by atoms with Crippen molar-refractivity contribution in [3.05, 3.63) is 127 Å². The summed E-state index contributed by atoms with van der Waals surface area (Å²) in [5.41, 5.74) is 7.50. The van der Waals surface area contributed by atoms with Crippen LogP contribution in [0.15, 0.2) is 121 Å². The van der Waals surface area contributed by atoms with Gasteiger partial charge in [0.25, 0.3) is 0 Å². The van der Waals surface area contributed by atoms with Gasteiger partial charge in [-0.05, 0) is 52.4 Å². The fraction of sp³-hybridized carbons (Fsp3) is 0.0303. The molecule has 1 heteroatoms. The Morgan fingerprint density at radius 1 is 0.471 bits per heavy atom. The first-order valence-corrected chi connectivity index (χ1v) is 11.8. The Bertz CT molecular complexity index is 1840. The summed E-state index contributed by atoms with van der Waals surface area (Å²) in [6.45, 7) is 2.14. The van der Waals surface area contributed by atoms with E-state index < -0.39 is 0 Å². The van der Waals surface area contributed by atoms with Gasteiger partial charge in [-0.15, -0.1) is 0 Å². The maximum Gasteiger partial charge on any atom is 0.0626 e. The summed E-state index contributed by atoms with van der Waals surface area (Å²) < 4.78 is 2.46. The van der Waals surface area contributed by atoms with Crippen LogP contribution < -0.4 is 0 Å². The first-order chi connectivity index (χ1) is 16.8. The SMILES string of the molecule is Cc1ccc(-c2cccc3c2c2c4ccccc4c4ccccc4c2n3-c2ccccc2)cc1.